The maximum atomic E-state index is 4.53. The summed E-state index contributed by atoms with van der Waals surface area (Å²) in [5.41, 5.74) is 2.24. The summed E-state index contributed by atoms with van der Waals surface area (Å²) in [5.74, 6) is 1.01. The number of nitrogens with zero attached hydrogens (tertiary/aromatic N) is 5. The van der Waals surface area contributed by atoms with Crippen LogP contribution in [0.25, 0.3) is 11.0 Å². The number of fused-ring (bicyclic) bond motifs is 1. The Morgan fingerprint density at radius 1 is 1.40 bits per heavy atom. The van der Waals surface area contributed by atoms with Gasteiger partial charge in [-0.1, -0.05) is 0 Å². The predicted molar refractivity (Wildman–Crippen MR) is 79.8 cm³/mol. The summed E-state index contributed by atoms with van der Waals surface area (Å²) in [7, 11) is 1.92. The van der Waals surface area contributed by atoms with E-state index < -0.39 is 0 Å². The third-order valence-corrected chi connectivity index (χ3v) is 4.43. The van der Waals surface area contributed by atoms with E-state index in [1.807, 2.05) is 13.2 Å². The second-order valence-electron chi connectivity index (χ2n) is 5.19. The van der Waals surface area contributed by atoms with Gasteiger partial charge in [0.25, 0.3) is 0 Å². The molecule has 3 aromatic rings. The van der Waals surface area contributed by atoms with E-state index in [0.29, 0.717) is 6.04 Å². The maximum Gasteiger partial charge on any atom is 0.163 e. The van der Waals surface area contributed by atoms with Crippen molar-refractivity contribution in [1.29, 1.82) is 0 Å². The fourth-order valence-electron chi connectivity index (χ4n) is 2.52. The van der Waals surface area contributed by atoms with E-state index in [4.69, 9.17) is 0 Å². The summed E-state index contributed by atoms with van der Waals surface area (Å²) < 4.78 is 1.80. The van der Waals surface area contributed by atoms with E-state index in [0.717, 1.165) is 23.4 Å². The molecule has 0 atom stereocenters. The van der Waals surface area contributed by atoms with Crippen molar-refractivity contribution in [3.63, 3.8) is 0 Å². The summed E-state index contributed by atoms with van der Waals surface area (Å²) in [6.45, 7) is 0.912. The molecule has 1 aliphatic rings. The third-order valence-electron chi connectivity index (χ3n) is 3.70. The summed E-state index contributed by atoms with van der Waals surface area (Å²) in [5, 5.41) is 9.67. The Morgan fingerprint density at radius 3 is 3.05 bits per heavy atom. The molecule has 3 aromatic heterocycles. The number of hydrogen-bond acceptors (Lipinski definition) is 5. The van der Waals surface area contributed by atoms with Gasteiger partial charge in [-0.15, -0.1) is 0 Å². The zero-order valence-electron chi connectivity index (χ0n) is 11.2. The van der Waals surface area contributed by atoms with E-state index in [1.165, 1.54) is 18.4 Å². The molecule has 0 aromatic carbocycles. The topological polar surface area (TPSA) is 46.8 Å². The van der Waals surface area contributed by atoms with Crippen LogP contribution in [0.15, 0.2) is 29.4 Å². The average molecular weight is 285 g/mol. The smallest absolute Gasteiger partial charge is 0.163 e. The molecule has 0 spiro atoms. The first-order valence-corrected chi connectivity index (χ1v) is 7.67. The summed E-state index contributed by atoms with van der Waals surface area (Å²) >= 11 is 1.74. The maximum absolute atomic E-state index is 4.53. The van der Waals surface area contributed by atoms with Crippen LogP contribution in [0.5, 0.6) is 0 Å². The van der Waals surface area contributed by atoms with Gasteiger partial charge in [0.15, 0.2) is 5.65 Å². The van der Waals surface area contributed by atoms with Crippen LogP contribution in [-0.2, 0) is 13.6 Å². The van der Waals surface area contributed by atoms with Gasteiger partial charge >= 0.3 is 0 Å². The highest BCUT2D eigenvalue weighted by atomic mass is 32.1. The Hall–Kier alpha value is -1.95. The number of anilines is 1. The first-order valence-electron chi connectivity index (χ1n) is 6.73. The second kappa shape index (κ2) is 4.56. The number of aryl methyl sites for hydroxylation is 1. The average Bonchev–Trinajstić information content (AvgIpc) is 3.04. The van der Waals surface area contributed by atoms with Crippen molar-refractivity contribution in [2.75, 3.05) is 4.90 Å². The molecule has 3 heterocycles. The molecule has 5 nitrogen and oxygen atoms in total. The van der Waals surface area contributed by atoms with Gasteiger partial charge in [-0.05, 0) is 35.2 Å². The molecular weight excluding hydrogens is 270 g/mol. The predicted octanol–water partition coefficient (Wildman–Crippen LogP) is 2.59. The van der Waals surface area contributed by atoms with Crippen LogP contribution in [0, 0.1) is 0 Å². The monoisotopic (exact) mass is 285 g/mol. The Balaban J connectivity index is 1.78. The molecule has 4 rings (SSSR count). The van der Waals surface area contributed by atoms with Crippen LogP contribution >= 0.6 is 11.3 Å². The van der Waals surface area contributed by atoms with Gasteiger partial charge in [0.1, 0.15) is 12.1 Å². The Kier molecular flexibility index (Phi) is 2.70. The Labute approximate surface area is 120 Å². The van der Waals surface area contributed by atoms with Crippen LogP contribution in [-0.4, -0.2) is 25.8 Å². The fraction of sp³-hybridized carbons (Fsp3) is 0.357. The minimum Gasteiger partial charge on any atom is -0.349 e. The Morgan fingerprint density at radius 2 is 2.30 bits per heavy atom. The molecule has 20 heavy (non-hydrogen) atoms. The van der Waals surface area contributed by atoms with Crippen LogP contribution in [0.2, 0.25) is 0 Å². The largest absolute Gasteiger partial charge is 0.349 e. The molecule has 1 fully saturated rings. The van der Waals surface area contributed by atoms with Crippen LogP contribution in [0.3, 0.4) is 0 Å². The number of thiophene rings is 1. The zero-order valence-corrected chi connectivity index (χ0v) is 12.0. The number of hydrogen-bond donors (Lipinski definition) is 0. The molecule has 0 saturated heterocycles. The SMILES string of the molecule is Cn1ncc2c(N(Cc3ccsc3)C3CC3)ncnc21. The molecule has 0 radical (unpaired) electrons. The molecule has 0 bridgehead atoms. The first-order chi connectivity index (χ1) is 9.83. The van der Waals surface area contributed by atoms with Crippen molar-refractivity contribution >= 4 is 28.2 Å². The van der Waals surface area contributed by atoms with Crippen LogP contribution in [0.1, 0.15) is 18.4 Å². The lowest BCUT2D eigenvalue weighted by Crippen LogP contribution is -2.26. The van der Waals surface area contributed by atoms with Crippen molar-refractivity contribution in [2.24, 2.45) is 7.05 Å². The van der Waals surface area contributed by atoms with E-state index in [-0.39, 0.29) is 0 Å². The molecule has 102 valence electrons. The van der Waals surface area contributed by atoms with Gasteiger partial charge in [-0.3, -0.25) is 4.68 Å². The minimum absolute atomic E-state index is 0.605. The zero-order chi connectivity index (χ0) is 13.5. The molecule has 0 unspecified atom stereocenters. The lowest BCUT2D eigenvalue weighted by atomic mass is 10.2. The van der Waals surface area contributed by atoms with Crippen molar-refractivity contribution in [2.45, 2.75) is 25.4 Å². The summed E-state index contributed by atoms with van der Waals surface area (Å²) in [6.07, 6.45) is 6.00. The number of rotatable bonds is 4. The molecule has 6 heteroatoms. The van der Waals surface area contributed by atoms with Crippen molar-refractivity contribution < 1.29 is 0 Å². The summed E-state index contributed by atoms with van der Waals surface area (Å²) in [4.78, 5) is 11.2. The molecular formula is C14H15N5S. The van der Waals surface area contributed by atoms with Gasteiger partial charge < -0.3 is 4.90 Å². The van der Waals surface area contributed by atoms with E-state index >= 15 is 0 Å². The molecule has 0 N–H and O–H groups in total. The van der Waals surface area contributed by atoms with Gasteiger partial charge in [0.05, 0.1) is 11.6 Å². The highest BCUT2D eigenvalue weighted by molar-refractivity contribution is 7.07. The first kappa shape index (κ1) is 11.8. The van der Waals surface area contributed by atoms with Gasteiger partial charge in [0, 0.05) is 19.6 Å². The van der Waals surface area contributed by atoms with Crippen molar-refractivity contribution in [1.82, 2.24) is 19.7 Å². The van der Waals surface area contributed by atoms with Crippen molar-refractivity contribution in [3.8, 4) is 0 Å². The number of aromatic nitrogens is 4. The second-order valence-corrected chi connectivity index (χ2v) is 5.97. The quantitative estimate of drug-likeness (QED) is 0.739. The van der Waals surface area contributed by atoms with E-state index in [2.05, 4.69) is 36.8 Å². The van der Waals surface area contributed by atoms with Gasteiger partial charge in [-0.2, -0.15) is 16.4 Å². The normalized spacial score (nSPS) is 14.8. The van der Waals surface area contributed by atoms with Crippen LogP contribution < -0.4 is 4.90 Å². The molecule has 1 aliphatic carbocycles. The summed E-state index contributed by atoms with van der Waals surface area (Å²) in [6, 6.07) is 2.79. The van der Waals surface area contributed by atoms with Gasteiger partial charge in [-0.25, -0.2) is 9.97 Å². The highest BCUT2D eigenvalue weighted by Crippen LogP contribution is 2.35. The fourth-order valence-corrected chi connectivity index (χ4v) is 3.18. The Bertz CT molecular complexity index is 729. The van der Waals surface area contributed by atoms with Crippen molar-refractivity contribution in [3.05, 3.63) is 34.9 Å². The van der Waals surface area contributed by atoms with Gasteiger partial charge in [0.2, 0.25) is 0 Å². The highest BCUT2D eigenvalue weighted by Gasteiger charge is 2.31. The van der Waals surface area contributed by atoms with Crippen LogP contribution in [0.4, 0.5) is 5.82 Å². The standard InChI is InChI=1S/C14H15N5S/c1-18-13-12(6-17-18)14(16-9-15-13)19(11-2-3-11)7-10-4-5-20-8-10/h4-6,8-9,11H,2-3,7H2,1H3. The van der Waals surface area contributed by atoms with E-state index in [1.54, 1.807) is 22.3 Å². The lowest BCUT2D eigenvalue weighted by Gasteiger charge is -2.23. The molecule has 0 amide bonds. The molecule has 1 saturated carbocycles. The lowest BCUT2D eigenvalue weighted by molar-refractivity contribution is 0.776. The molecule has 0 aliphatic heterocycles. The third kappa shape index (κ3) is 1.96. The minimum atomic E-state index is 0.605. The van der Waals surface area contributed by atoms with E-state index in [9.17, 15) is 0 Å².